The molecule has 5 aromatic rings. The Bertz CT molecular complexity index is 1400. The van der Waals surface area contributed by atoms with Crippen LogP contribution in [0, 0.1) is 0 Å². The molecular weight excluding hydrogens is 423 g/mol. The number of hydrogen-bond donors (Lipinski definition) is 1. The van der Waals surface area contributed by atoms with Gasteiger partial charge in [-0.05, 0) is 48.6 Å². The summed E-state index contributed by atoms with van der Waals surface area (Å²) in [7, 11) is 6.21. The zero-order valence-electron chi connectivity index (χ0n) is 18.9. The molecule has 2 radical (unpaired) electrons. The van der Waals surface area contributed by atoms with Crippen LogP contribution >= 0.6 is 0 Å². The number of nitrogens with one attached hydrogen (secondary N) is 1. The van der Waals surface area contributed by atoms with Crippen LogP contribution in [-0.4, -0.2) is 45.4 Å². The topological polar surface area (TPSA) is 71.5 Å². The van der Waals surface area contributed by atoms with E-state index in [-0.39, 0.29) is 0 Å². The second-order valence-electron chi connectivity index (χ2n) is 8.94. The number of benzene rings is 1. The third kappa shape index (κ3) is 4.17. The van der Waals surface area contributed by atoms with E-state index in [2.05, 4.69) is 38.5 Å². The average molecular weight is 448 g/mol. The number of anilines is 1. The van der Waals surface area contributed by atoms with E-state index in [9.17, 15) is 0 Å². The maximum absolute atomic E-state index is 6.21. The number of nitrogens with zero attached hydrogens (tertiary/aromatic N) is 5. The molecule has 6 rings (SSSR count). The monoisotopic (exact) mass is 448 g/mol. The van der Waals surface area contributed by atoms with Crippen molar-refractivity contribution in [3.63, 3.8) is 0 Å². The Balaban J connectivity index is 1.24. The molecule has 1 unspecified atom stereocenters. The summed E-state index contributed by atoms with van der Waals surface area (Å²) in [6, 6.07) is 16.4. The smallest absolute Gasteiger partial charge is 0.150 e. The molecule has 1 aliphatic heterocycles. The van der Waals surface area contributed by atoms with E-state index in [1.165, 1.54) is 0 Å². The van der Waals surface area contributed by atoms with Gasteiger partial charge in [0.2, 0.25) is 0 Å². The van der Waals surface area contributed by atoms with Gasteiger partial charge in [-0.25, -0.2) is 4.98 Å². The van der Waals surface area contributed by atoms with Gasteiger partial charge in [0.25, 0.3) is 0 Å². The van der Waals surface area contributed by atoms with Crippen LogP contribution in [0.25, 0.3) is 16.6 Å². The van der Waals surface area contributed by atoms with E-state index < -0.39 is 0 Å². The molecule has 0 amide bonds. The molecule has 168 valence electrons. The van der Waals surface area contributed by atoms with E-state index in [0.717, 1.165) is 66.3 Å². The number of furan rings is 1. The molecule has 4 aromatic heterocycles. The van der Waals surface area contributed by atoms with Crippen molar-refractivity contribution < 1.29 is 4.42 Å². The minimum absolute atomic E-state index is 0.316. The second kappa shape index (κ2) is 8.95. The Kier molecular flexibility index (Phi) is 5.51. The molecule has 5 heterocycles. The van der Waals surface area contributed by atoms with Gasteiger partial charge in [-0.2, -0.15) is 9.61 Å². The van der Waals surface area contributed by atoms with Crippen molar-refractivity contribution in [3.05, 3.63) is 84.1 Å². The normalized spacial score (nSPS) is 16.9. The maximum atomic E-state index is 6.21. The fourth-order valence-corrected chi connectivity index (χ4v) is 4.80. The van der Waals surface area contributed by atoms with Gasteiger partial charge >= 0.3 is 0 Å². The fraction of sp³-hybridized carbons (Fsp3) is 0.269. The molecule has 1 atom stereocenters. The summed E-state index contributed by atoms with van der Waals surface area (Å²) in [5.41, 5.74) is 4.37. The van der Waals surface area contributed by atoms with Gasteiger partial charge in [0, 0.05) is 49.1 Å². The number of para-hydroxylation sites is 1. The van der Waals surface area contributed by atoms with Crippen LogP contribution in [0.4, 0.5) is 5.82 Å². The molecule has 0 spiro atoms. The zero-order valence-corrected chi connectivity index (χ0v) is 18.9. The van der Waals surface area contributed by atoms with Gasteiger partial charge in [0.05, 0.1) is 12.2 Å². The van der Waals surface area contributed by atoms with Crippen molar-refractivity contribution in [2.45, 2.75) is 31.8 Å². The Morgan fingerprint density at radius 1 is 1.12 bits per heavy atom. The van der Waals surface area contributed by atoms with E-state index in [1.807, 2.05) is 36.5 Å². The number of rotatable bonds is 6. The molecule has 7 nitrogen and oxygen atoms in total. The van der Waals surface area contributed by atoms with E-state index in [0.29, 0.717) is 23.6 Å². The number of likely N-dealkylation sites (tertiary alicyclic amines) is 1. The van der Waals surface area contributed by atoms with Crippen molar-refractivity contribution in [1.29, 1.82) is 0 Å². The lowest BCUT2D eigenvalue weighted by Crippen LogP contribution is -2.34. The molecule has 1 aliphatic rings. The summed E-state index contributed by atoms with van der Waals surface area (Å²) in [5.74, 6) is 2.20. The summed E-state index contributed by atoms with van der Waals surface area (Å²) in [6.07, 6.45) is 7.51. The van der Waals surface area contributed by atoms with Gasteiger partial charge in [-0.15, -0.1) is 0 Å². The number of hydrogen-bond acceptors (Lipinski definition) is 6. The van der Waals surface area contributed by atoms with Crippen molar-refractivity contribution in [3.8, 4) is 0 Å². The molecule has 1 N–H and O–H groups in total. The lowest BCUT2D eigenvalue weighted by molar-refractivity contribution is 0.186. The highest BCUT2D eigenvalue weighted by Crippen LogP contribution is 2.29. The molecule has 1 saturated heterocycles. The van der Waals surface area contributed by atoms with E-state index >= 15 is 0 Å². The molecule has 1 aromatic carbocycles. The second-order valence-corrected chi connectivity index (χ2v) is 8.94. The number of fused-ring (bicyclic) bond motifs is 2. The van der Waals surface area contributed by atoms with Crippen LogP contribution in [-0.2, 0) is 13.1 Å². The SMILES string of the molecule is [B]c1cnn2c(NCc3cccnc3)cc(C3CCCN(Cc4cc5ccccc5o4)C3)nc12. The summed E-state index contributed by atoms with van der Waals surface area (Å²) in [4.78, 5) is 11.6. The third-order valence-electron chi connectivity index (χ3n) is 6.50. The Morgan fingerprint density at radius 2 is 2.06 bits per heavy atom. The maximum Gasteiger partial charge on any atom is 0.150 e. The third-order valence-corrected chi connectivity index (χ3v) is 6.50. The van der Waals surface area contributed by atoms with Crippen LogP contribution in [0.1, 0.15) is 35.8 Å². The van der Waals surface area contributed by atoms with E-state index in [4.69, 9.17) is 17.2 Å². The summed E-state index contributed by atoms with van der Waals surface area (Å²) >= 11 is 0. The van der Waals surface area contributed by atoms with Crippen molar-refractivity contribution in [2.75, 3.05) is 18.4 Å². The molecule has 0 saturated carbocycles. The molecular formula is C26H25BN6O. The van der Waals surface area contributed by atoms with Crippen LogP contribution in [0.5, 0.6) is 0 Å². The first-order valence-electron chi connectivity index (χ1n) is 11.7. The largest absolute Gasteiger partial charge is 0.460 e. The molecule has 0 aliphatic carbocycles. The highest BCUT2D eigenvalue weighted by molar-refractivity contribution is 6.36. The number of piperidine rings is 1. The van der Waals surface area contributed by atoms with Crippen LogP contribution in [0.2, 0.25) is 0 Å². The Morgan fingerprint density at radius 3 is 2.94 bits per heavy atom. The average Bonchev–Trinajstić information content (AvgIpc) is 3.46. The fourth-order valence-electron chi connectivity index (χ4n) is 4.80. The standard InChI is InChI=1S/C26H25BN6O/c27-22-15-30-33-25(29-14-18-5-3-9-28-13-18)12-23(31-26(22)33)20-7-4-10-32(16-20)17-21-11-19-6-1-2-8-24(19)34-21/h1-3,5-6,8-9,11-13,15,20,29H,4,7,10,14,16-17H2. The summed E-state index contributed by atoms with van der Waals surface area (Å²) in [5, 5.41) is 9.09. The molecule has 0 bridgehead atoms. The van der Waals surface area contributed by atoms with Gasteiger partial charge in [0.1, 0.15) is 25.0 Å². The van der Waals surface area contributed by atoms with E-state index in [1.54, 1.807) is 16.9 Å². The zero-order chi connectivity index (χ0) is 22.9. The van der Waals surface area contributed by atoms with Crippen molar-refractivity contribution in [2.24, 2.45) is 0 Å². The van der Waals surface area contributed by atoms with Gasteiger partial charge < -0.3 is 9.73 Å². The Hall–Kier alpha value is -3.65. The van der Waals surface area contributed by atoms with Crippen LogP contribution in [0.15, 0.2) is 71.5 Å². The van der Waals surface area contributed by atoms with Crippen LogP contribution < -0.4 is 10.8 Å². The highest BCUT2D eigenvalue weighted by Gasteiger charge is 2.25. The van der Waals surface area contributed by atoms with Crippen molar-refractivity contribution >= 4 is 35.7 Å². The number of aromatic nitrogens is 4. The summed E-state index contributed by atoms with van der Waals surface area (Å²) < 4.78 is 7.85. The number of pyridine rings is 1. The van der Waals surface area contributed by atoms with Gasteiger partial charge in [0.15, 0.2) is 5.65 Å². The summed E-state index contributed by atoms with van der Waals surface area (Å²) in [6.45, 7) is 3.43. The predicted molar refractivity (Wildman–Crippen MR) is 133 cm³/mol. The minimum atomic E-state index is 0.316. The first-order valence-corrected chi connectivity index (χ1v) is 11.7. The molecule has 8 heteroatoms. The quantitative estimate of drug-likeness (QED) is 0.400. The van der Waals surface area contributed by atoms with Crippen LogP contribution in [0.3, 0.4) is 0 Å². The highest BCUT2D eigenvalue weighted by atomic mass is 16.3. The predicted octanol–water partition coefficient (Wildman–Crippen LogP) is 3.66. The lowest BCUT2D eigenvalue weighted by atomic mass is 9.94. The van der Waals surface area contributed by atoms with Crippen molar-refractivity contribution in [1.82, 2.24) is 24.5 Å². The molecule has 1 fully saturated rings. The minimum Gasteiger partial charge on any atom is -0.460 e. The first kappa shape index (κ1) is 20.9. The van der Waals surface area contributed by atoms with Gasteiger partial charge in [-0.1, -0.05) is 24.3 Å². The van der Waals surface area contributed by atoms with Gasteiger partial charge in [-0.3, -0.25) is 9.88 Å². The molecule has 34 heavy (non-hydrogen) atoms. The lowest BCUT2D eigenvalue weighted by Gasteiger charge is -2.32. The Labute approximate surface area is 199 Å². The first-order chi connectivity index (χ1) is 16.7.